The first-order chi connectivity index (χ1) is 20.0. The molecule has 2 amide bonds. The minimum Gasteiger partial charge on any atom is -0.325 e. The topological polar surface area (TPSA) is 123 Å². The number of pyridine rings is 1. The largest absolute Gasteiger partial charge is 0.325 e. The lowest BCUT2D eigenvalue weighted by atomic mass is 9.99. The number of halogens is 1. The zero-order valence-corrected chi connectivity index (χ0v) is 25.8. The molecule has 1 saturated carbocycles. The van der Waals surface area contributed by atoms with Crippen LogP contribution in [0.15, 0.2) is 41.3 Å². The highest BCUT2D eigenvalue weighted by Gasteiger charge is 2.64. The zero-order chi connectivity index (χ0) is 29.9. The first-order valence-corrected chi connectivity index (χ1v) is 14.9. The molecule has 1 aliphatic carbocycles. The number of hydrogen-bond acceptors (Lipinski definition) is 7. The summed E-state index contributed by atoms with van der Waals surface area (Å²) in [7, 11) is 0. The molecule has 1 saturated heterocycles. The molecule has 1 aliphatic heterocycles. The standard InChI is InChI=1S/C31H32BrN7O3/c1-6-19-9-20(21-13-33-18(4)34-14-21)10-22-27(17(3)40)37-38(28(19)22)15-26(41)39-23(11-31(5)12-24(31)39)30(42)36-29-16(2)7-8-25(32)35-29/h7-10,13-14,23-24H,6,11-12,15H2,1-5H3,(H,35,36,42)/t23-,24?,31-/m0/s1. The van der Waals surface area contributed by atoms with Crippen LogP contribution in [-0.4, -0.2) is 59.3 Å². The quantitative estimate of drug-likeness (QED) is 0.224. The summed E-state index contributed by atoms with van der Waals surface area (Å²) < 4.78 is 2.25. The molecule has 0 bridgehead atoms. The van der Waals surface area contributed by atoms with Gasteiger partial charge in [-0.05, 0) is 89.3 Å². The molecule has 1 aromatic carbocycles. The molecule has 11 heteroatoms. The van der Waals surface area contributed by atoms with Crippen molar-refractivity contribution >= 4 is 50.2 Å². The molecule has 0 spiro atoms. The van der Waals surface area contributed by atoms with Crippen LogP contribution < -0.4 is 5.32 Å². The Morgan fingerprint density at radius 3 is 2.52 bits per heavy atom. The van der Waals surface area contributed by atoms with Gasteiger partial charge in [0.05, 0.1) is 5.52 Å². The van der Waals surface area contributed by atoms with Crippen molar-refractivity contribution in [3.05, 3.63) is 63.9 Å². The van der Waals surface area contributed by atoms with Gasteiger partial charge in [-0.15, -0.1) is 0 Å². The first-order valence-electron chi connectivity index (χ1n) is 14.1. The van der Waals surface area contributed by atoms with Gasteiger partial charge in [0.15, 0.2) is 5.78 Å². The molecule has 6 rings (SSSR count). The first kappa shape index (κ1) is 28.1. The average molecular weight is 631 g/mol. The minimum atomic E-state index is -0.616. The maximum absolute atomic E-state index is 14.0. The highest BCUT2D eigenvalue weighted by molar-refractivity contribution is 9.10. The fourth-order valence-corrected chi connectivity index (χ4v) is 6.47. The van der Waals surface area contributed by atoms with E-state index in [0.29, 0.717) is 40.2 Å². The Hall–Kier alpha value is -3.99. The van der Waals surface area contributed by atoms with E-state index in [0.717, 1.165) is 34.2 Å². The van der Waals surface area contributed by atoms with Crippen molar-refractivity contribution in [2.24, 2.45) is 5.41 Å². The van der Waals surface area contributed by atoms with Crippen molar-refractivity contribution in [1.29, 1.82) is 0 Å². The fourth-order valence-electron chi connectivity index (χ4n) is 6.16. The molecule has 1 unspecified atom stereocenters. The number of benzene rings is 1. The number of aryl methyl sites for hydroxylation is 3. The summed E-state index contributed by atoms with van der Waals surface area (Å²) in [6, 6.07) is 7.03. The number of Topliss-reactive ketones (excluding diaryl/α,β-unsaturated/α-hetero) is 1. The molecule has 4 heterocycles. The van der Waals surface area contributed by atoms with E-state index < -0.39 is 6.04 Å². The Kier molecular flexibility index (Phi) is 6.95. The summed E-state index contributed by atoms with van der Waals surface area (Å²) in [5.74, 6) is 0.516. The van der Waals surface area contributed by atoms with Crippen LogP contribution >= 0.6 is 15.9 Å². The van der Waals surface area contributed by atoms with Crippen LogP contribution in [0.1, 0.15) is 61.1 Å². The molecule has 4 aromatic rings. The van der Waals surface area contributed by atoms with Crippen LogP contribution in [0.4, 0.5) is 5.82 Å². The molecule has 2 fully saturated rings. The number of nitrogens with zero attached hydrogens (tertiary/aromatic N) is 6. The fraction of sp³-hybridized carbons (Fsp3) is 0.387. The number of aromatic nitrogens is 5. The van der Waals surface area contributed by atoms with Gasteiger partial charge in [-0.3, -0.25) is 19.1 Å². The third-order valence-electron chi connectivity index (χ3n) is 8.57. The van der Waals surface area contributed by atoms with E-state index in [-0.39, 0.29) is 35.6 Å². The Morgan fingerprint density at radius 1 is 1.10 bits per heavy atom. The number of ketones is 1. The van der Waals surface area contributed by atoms with Gasteiger partial charge in [0.2, 0.25) is 11.8 Å². The number of fused-ring (bicyclic) bond motifs is 2. The van der Waals surface area contributed by atoms with Gasteiger partial charge in [-0.25, -0.2) is 15.0 Å². The Labute approximate surface area is 252 Å². The maximum Gasteiger partial charge on any atom is 0.248 e. The SMILES string of the molecule is CCc1cc(-c2cnc(C)nc2)cc2c(C(C)=O)nn(CC(=O)N3C4C[C@]4(C)C[C@H]3C(=O)Nc3nc(Br)ccc3C)c12. The van der Waals surface area contributed by atoms with Crippen molar-refractivity contribution < 1.29 is 14.4 Å². The van der Waals surface area contributed by atoms with E-state index in [4.69, 9.17) is 0 Å². The van der Waals surface area contributed by atoms with Gasteiger partial charge in [0, 0.05) is 36.3 Å². The number of carbonyl (C=O) groups is 3. The maximum atomic E-state index is 14.0. The molecular formula is C31H32BrN7O3. The van der Waals surface area contributed by atoms with Crippen molar-refractivity contribution in [3.63, 3.8) is 0 Å². The predicted molar refractivity (Wildman–Crippen MR) is 162 cm³/mol. The third-order valence-corrected chi connectivity index (χ3v) is 9.01. The molecule has 3 aromatic heterocycles. The van der Waals surface area contributed by atoms with Gasteiger partial charge < -0.3 is 10.2 Å². The number of hydrogen-bond donors (Lipinski definition) is 1. The second-order valence-corrected chi connectivity index (χ2v) is 12.5. The highest BCUT2D eigenvalue weighted by Crippen LogP contribution is 2.59. The van der Waals surface area contributed by atoms with Crippen molar-refractivity contribution in [3.8, 4) is 11.1 Å². The highest BCUT2D eigenvalue weighted by atomic mass is 79.9. The summed E-state index contributed by atoms with van der Waals surface area (Å²) in [5, 5.41) is 8.27. The number of piperidine rings is 1. The molecule has 42 heavy (non-hydrogen) atoms. The molecule has 10 nitrogen and oxygen atoms in total. The summed E-state index contributed by atoms with van der Waals surface area (Å²) in [6.07, 6.45) is 5.64. The van der Waals surface area contributed by atoms with Crippen molar-refractivity contribution in [1.82, 2.24) is 29.6 Å². The Morgan fingerprint density at radius 2 is 1.83 bits per heavy atom. The Bertz CT molecular complexity index is 1770. The molecular weight excluding hydrogens is 598 g/mol. The third kappa shape index (κ3) is 4.89. The smallest absolute Gasteiger partial charge is 0.248 e. The lowest BCUT2D eigenvalue weighted by Gasteiger charge is -2.27. The lowest BCUT2D eigenvalue weighted by Crippen LogP contribution is -2.47. The summed E-state index contributed by atoms with van der Waals surface area (Å²) in [5.41, 5.74) is 4.49. The number of rotatable bonds is 7. The van der Waals surface area contributed by atoms with E-state index in [1.54, 1.807) is 22.0 Å². The van der Waals surface area contributed by atoms with E-state index in [1.807, 2.05) is 45.0 Å². The minimum absolute atomic E-state index is 0.00907. The van der Waals surface area contributed by atoms with Gasteiger partial charge in [-0.2, -0.15) is 5.10 Å². The molecule has 0 radical (unpaired) electrons. The second-order valence-electron chi connectivity index (χ2n) is 11.7. The number of carbonyl (C=O) groups excluding carboxylic acids is 3. The van der Waals surface area contributed by atoms with Crippen molar-refractivity contribution in [2.75, 3.05) is 5.32 Å². The number of nitrogens with one attached hydrogen (secondary N) is 1. The molecule has 216 valence electrons. The number of anilines is 1. The van der Waals surface area contributed by atoms with Crippen molar-refractivity contribution in [2.45, 2.75) is 72.5 Å². The van der Waals surface area contributed by atoms with Gasteiger partial charge in [0.1, 0.15) is 34.5 Å². The lowest BCUT2D eigenvalue weighted by molar-refractivity contribution is -0.138. The van der Waals surface area contributed by atoms with Gasteiger partial charge in [-0.1, -0.05) is 19.9 Å². The van der Waals surface area contributed by atoms with Gasteiger partial charge in [0.25, 0.3) is 0 Å². The van der Waals surface area contributed by atoms with E-state index in [1.165, 1.54) is 6.92 Å². The second kappa shape index (κ2) is 10.4. The van der Waals surface area contributed by atoms with E-state index in [2.05, 4.69) is 48.2 Å². The van der Waals surface area contributed by atoms with Crippen LogP contribution in [0.25, 0.3) is 22.0 Å². The van der Waals surface area contributed by atoms with Crippen LogP contribution in [0.2, 0.25) is 0 Å². The normalized spacial score (nSPS) is 21.0. The van der Waals surface area contributed by atoms with Crippen LogP contribution in [-0.2, 0) is 22.6 Å². The van der Waals surface area contributed by atoms with E-state index in [9.17, 15) is 14.4 Å². The van der Waals surface area contributed by atoms with Crippen LogP contribution in [0.5, 0.6) is 0 Å². The van der Waals surface area contributed by atoms with Crippen LogP contribution in [0.3, 0.4) is 0 Å². The average Bonchev–Trinajstić information content (AvgIpc) is 3.31. The summed E-state index contributed by atoms with van der Waals surface area (Å²) in [4.78, 5) is 55.0. The molecule has 2 aliphatic rings. The predicted octanol–water partition coefficient (Wildman–Crippen LogP) is 5.05. The summed E-state index contributed by atoms with van der Waals surface area (Å²) >= 11 is 3.36. The van der Waals surface area contributed by atoms with E-state index >= 15 is 0 Å². The number of likely N-dealkylation sites (tertiary alicyclic amines) is 1. The van der Waals surface area contributed by atoms with Gasteiger partial charge >= 0.3 is 0 Å². The Balaban J connectivity index is 1.34. The number of amides is 2. The zero-order valence-electron chi connectivity index (χ0n) is 24.2. The van der Waals surface area contributed by atoms with Crippen LogP contribution in [0, 0.1) is 19.3 Å². The molecule has 1 N–H and O–H groups in total. The molecule has 3 atom stereocenters. The monoisotopic (exact) mass is 629 g/mol. The summed E-state index contributed by atoms with van der Waals surface area (Å²) in [6.45, 7) is 9.27.